The van der Waals surface area contributed by atoms with Gasteiger partial charge in [-0.2, -0.15) is 0 Å². The Balaban J connectivity index is 1.16. The fourth-order valence-electron chi connectivity index (χ4n) is 12.8. The minimum atomic E-state index is 1.18. The Morgan fingerprint density at radius 1 is 0.203 bits per heavy atom. The summed E-state index contributed by atoms with van der Waals surface area (Å²) in [5.41, 5.74) is 14.9. The molecule has 292 valence electrons. The minimum Gasteiger partial charge on any atom is -0.309 e. The van der Waals surface area contributed by atoms with Crippen LogP contribution in [-0.2, 0) is 0 Å². The highest BCUT2D eigenvalue weighted by Crippen LogP contribution is 2.52. The lowest BCUT2D eigenvalue weighted by molar-refractivity contribution is 1.19. The standard InChI is InChI=1S/C60H32N4/c1-6-25-48-34(14-1)35-15-2-7-26-49(35)61(48)33-30-45-42-22-13-24-44-55-54-43-23-12-21-41-38-18-4-9-28-51(38)62-50-27-8-3-16-36(50)39-19-11-20-40(56(39)62)37-17-5-10-29-52(37)63(57(41)43)53(54)32-47-46(31-33)59(45)64(58(42)44)60(47)55/h1-32H. The zero-order valence-electron chi connectivity index (χ0n) is 34.3. The maximum Gasteiger partial charge on any atom is 0.0628 e. The molecule has 0 atom stereocenters. The number of benzene rings is 10. The van der Waals surface area contributed by atoms with Gasteiger partial charge in [-0.1, -0.05) is 146 Å². The van der Waals surface area contributed by atoms with Crippen molar-refractivity contribution < 1.29 is 0 Å². The van der Waals surface area contributed by atoms with Crippen molar-refractivity contribution in [2.75, 3.05) is 0 Å². The Morgan fingerprint density at radius 3 is 1.06 bits per heavy atom. The third-order valence-electron chi connectivity index (χ3n) is 15.1. The van der Waals surface area contributed by atoms with Crippen molar-refractivity contribution in [3.05, 3.63) is 194 Å². The zero-order valence-corrected chi connectivity index (χ0v) is 34.3. The van der Waals surface area contributed by atoms with Gasteiger partial charge >= 0.3 is 0 Å². The molecule has 4 heteroatoms. The van der Waals surface area contributed by atoms with E-state index < -0.39 is 0 Å². The highest BCUT2D eigenvalue weighted by atomic mass is 15.0. The summed E-state index contributed by atoms with van der Waals surface area (Å²) < 4.78 is 10.2. The Labute approximate surface area is 362 Å². The molecule has 0 saturated heterocycles. The predicted molar refractivity (Wildman–Crippen MR) is 271 cm³/mol. The van der Waals surface area contributed by atoms with Crippen molar-refractivity contribution in [1.29, 1.82) is 0 Å². The van der Waals surface area contributed by atoms with Crippen LogP contribution in [0.15, 0.2) is 194 Å². The van der Waals surface area contributed by atoms with Crippen molar-refractivity contribution in [3.63, 3.8) is 0 Å². The molecule has 0 saturated carbocycles. The van der Waals surface area contributed by atoms with E-state index in [0.29, 0.717) is 0 Å². The Bertz CT molecular complexity index is 4900. The van der Waals surface area contributed by atoms with Gasteiger partial charge < -0.3 is 17.8 Å². The first-order chi connectivity index (χ1) is 31.8. The van der Waals surface area contributed by atoms with Crippen LogP contribution in [0.5, 0.6) is 0 Å². The summed E-state index contributed by atoms with van der Waals surface area (Å²) in [7, 11) is 0. The minimum absolute atomic E-state index is 1.18. The fraction of sp³-hybridized carbons (Fsp3) is 0. The number of hydrogen-bond donors (Lipinski definition) is 0. The zero-order chi connectivity index (χ0) is 41.1. The molecule has 0 radical (unpaired) electrons. The van der Waals surface area contributed by atoms with Gasteiger partial charge in [0, 0.05) is 91.9 Å². The van der Waals surface area contributed by atoms with Gasteiger partial charge in [-0.25, -0.2) is 0 Å². The van der Waals surface area contributed by atoms with Crippen molar-refractivity contribution >= 4 is 147 Å². The fourth-order valence-corrected chi connectivity index (χ4v) is 12.8. The third kappa shape index (κ3) is 3.51. The SMILES string of the molecule is c1ccc2c(c1)c1ccccc1n2-c1cc2c3cccc4c5c6c7cccc8c9ccccc9n9c%10ccccc%10c%10cccc(c%11ccccc%11n(c6cc6c(c1)c2n(c34)c65)c87)c%109. The van der Waals surface area contributed by atoms with Crippen LogP contribution in [0.1, 0.15) is 0 Å². The van der Waals surface area contributed by atoms with Crippen molar-refractivity contribution in [2.45, 2.75) is 0 Å². The topological polar surface area (TPSA) is 18.2 Å². The van der Waals surface area contributed by atoms with E-state index in [2.05, 4.69) is 212 Å². The van der Waals surface area contributed by atoms with E-state index in [0.717, 1.165) is 0 Å². The van der Waals surface area contributed by atoms with E-state index >= 15 is 0 Å². The molecule has 0 N–H and O–H groups in total. The normalized spacial score (nSPS) is 13.0. The van der Waals surface area contributed by atoms with E-state index in [1.165, 1.54) is 153 Å². The highest BCUT2D eigenvalue weighted by molar-refractivity contribution is 6.42. The molecule has 0 spiro atoms. The Hall–Kier alpha value is -8.60. The van der Waals surface area contributed by atoms with Gasteiger partial charge in [-0.15, -0.1) is 0 Å². The predicted octanol–water partition coefficient (Wildman–Crippen LogP) is 15.9. The molecule has 0 unspecified atom stereocenters. The summed E-state index contributed by atoms with van der Waals surface area (Å²) in [6.07, 6.45) is 0. The van der Waals surface area contributed by atoms with E-state index in [4.69, 9.17) is 0 Å². The summed E-state index contributed by atoms with van der Waals surface area (Å²) in [5, 5.41) is 20.4. The van der Waals surface area contributed by atoms with Crippen LogP contribution in [-0.4, -0.2) is 17.8 Å². The molecule has 7 heterocycles. The second-order valence-electron chi connectivity index (χ2n) is 18.0. The molecular weight excluding hydrogens is 777 g/mol. The molecule has 0 aliphatic rings. The Morgan fingerprint density at radius 2 is 0.531 bits per heavy atom. The van der Waals surface area contributed by atoms with Crippen LogP contribution in [0.3, 0.4) is 0 Å². The van der Waals surface area contributed by atoms with E-state index in [-0.39, 0.29) is 0 Å². The number of para-hydroxylation sites is 8. The van der Waals surface area contributed by atoms with E-state index in [1.807, 2.05) is 0 Å². The van der Waals surface area contributed by atoms with Crippen LogP contribution in [0.25, 0.3) is 153 Å². The second-order valence-corrected chi connectivity index (χ2v) is 18.0. The van der Waals surface area contributed by atoms with Crippen LogP contribution in [0.2, 0.25) is 0 Å². The van der Waals surface area contributed by atoms with Gasteiger partial charge in [0.05, 0.1) is 60.7 Å². The average Bonchev–Trinajstić information content (AvgIpc) is 4.19. The first-order valence-corrected chi connectivity index (χ1v) is 22.3. The molecule has 0 amide bonds. The molecule has 0 bridgehead atoms. The van der Waals surface area contributed by atoms with Gasteiger partial charge in [-0.3, -0.25) is 0 Å². The number of fused-ring (bicyclic) bond motifs is 19. The molecule has 17 rings (SSSR count). The largest absolute Gasteiger partial charge is 0.309 e. The maximum absolute atomic E-state index is 2.62. The van der Waals surface area contributed by atoms with Crippen LogP contribution in [0, 0.1) is 0 Å². The number of hydrogen-bond acceptors (Lipinski definition) is 0. The van der Waals surface area contributed by atoms with E-state index in [9.17, 15) is 0 Å². The number of nitrogens with zero attached hydrogens (tertiary/aromatic N) is 4. The summed E-state index contributed by atoms with van der Waals surface area (Å²) in [4.78, 5) is 0. The lowest BCUT2D eigenvalue weighted by atomic mass is 10.0. The average molecular weight is 809 g/mol. The van der Waals surface area contributed by atoms with Crippen molar-refractivity contribution in [3.8, 4) is 5.69 Å². The third-order valence-corrected chi connectivity index (χ3v) is 15.1. The number of rotatable bonds is 1. The molecule has 17 aromatic rings. The monoisotopic (exact) mass is 808 g/mol. The molecule has 0 aliphatic carbocycles. The summed E-state index contributed by atoms with van der Waals surface area (Å²) in [5.74, 6) is 0. The van der Waals surface area contributed by atoms with Gasteiger partial charge in [0.25, 0.3) is 0 Å². The molecule has 4 nitrogen and oxygen atoms in total. The highest BCUT2D eigenvalue weighted by Gasteiger charge is 2.29. The van der Waals surface area contributed by atoms with Gasteiger partial charge in [0.1, 0.15) is 0 Å². The lowest BCUT2D eigenvalue weighted by Crippen LogP contribution is -1.93. The van der Waals surface area contributed by atoms with Crippen molar-refractivity contribution in [1.82, 2.24) is 17.8 Å². The summed E-state index contributed by atoms with van der Waals surface area (Å²) >= 11 is 0. The second kappa shape index (κ2) is 10.9. The molecular formula is C60H32N4. The van der Waals surface area contributed by atoms with Crippen LogP contribution >= 0.6 is 0 Å². The van der Waals surface area contributed by atoms with Crippen LogP contribution < -0.4 is 0 Å². The van der Waals surface area contributed by atoms with Gasteiger partial charge in [-0.05, 0) is 48.5 Å². The molecule has 10 aromatic carbocycles. The molecule has 0 fully saturated rings. The Kier molecular flexibility index (Phi) is 5.47. The first-order valence-electron chi connectivity index (χ1n) is 22.3. The van der Waals surface area contributed by atoms with Gasteiger partial charge in [0.15, 0.2) is 0 Å². The molecule has 64 heavy (non-hydrogen) atoms. The number of aromatic nitrogens is 4. The lowest BCUT2D eigenvalue weighted by Gasteiger charge is -2.10. The molecule has 7 aromatic heterocycles. The first kappa shape index (κ1) is 32.2. The summed E-state index contributed by atoms with van der Waals surface area (Å²) in [6.45, 7) is 0. The van der Waals surface area contributed by atoms with Crippen molar-refractivity contribution in [2.24, 2.45) is 0 Å². The maximum atomic E-state index is 2.62. The quantitative estimate of drug-likeness (QED) is 0.157. The summed E-state index contributed by atoms with van der Waals surface area (Å²) in [6, 6.07) is 73.2. The van der Waals surface area contributed by atoms with Gasteiger partial charge in [0.2, 0.25) is 0 Å². The van der Waals surface area contributed by atoms with Crippen LogP contribution in [0.4, 0.5) is 0 Å². The van der Waals surface area contributed by atoms with E-state index in [1.54, 1.807) is 0 Å². The molecule has 0 aliphatic heterocycles. The smallest absolute Gasteiger partial charge is 0.0628 e.